The predicted molar refractivity (Wildman–Crippen MR) is 195 cm³/mol. The number of aryl methyl sites for hydroxylation is 2. The molecular formula is C42H40N6O4. The molecule has 0 aromatic heterocycles. The molecule has 6 heterocycles. The van der Waals surface area contributed by atoms with Gasteiger partial charge in [-0.2, -0.15) is 0 Å². The Labute approximate surface area is 302 Å². The summed E-state index contributed by atoms with van der Waals surface area (Å²) in [5, 5.41) is 13.7. The summed E-state index contributed by atoms with van der Waals surface area (Å²) in [4.78, 5) is 61.7. The quantitative estimate of drug-likeness (QED) is 0.253. The Hall–Kier alpha value is -5.64. The fraction of sp³-hybridized carbons (Fsp3) is 0.333. The second kappa shape index (κ2) is 10.9. The average Bonchev–Trinajstić information content (AvgIpc) is 3.85. The van der Waals surface area contributed by atoms with Crippen molar-refractivity contribution in [3.63, 3.8) is 0 Å². The van der Waals surface area contributed by atoms with Crippen molar-refractivity contribution in [2.24, 2.45) is 0 Å². The highest BCUT2D eigenvalue weighted by Crippen LogP contribution is 2.69. The number of nitrogens with zero attached hydrogens (tertiary/aromatic N) is 2. The lowest BCUT2D eigenvalue weighted by Crippen LogP contribution is -2.67. The number of piperazine rings is 2. The highest BCUT2D eigenvalue weighted by Gasteiger charge is 2.78. The number of hydrogen-bond donors (Lipinski definition) is 4. The second-order valence-electron chi connectivity index (χ2n) is 15.6. The van der Waals surface area contributed by atoms with Crippen molar-refractivity contribution in [2.75, 3.05) is 10.6 Å². The van der Waals surface area contributed by atoms with Crippen LogP contribution in [-0.2, 0) is 42.8 Å². The number of benzene rings is 4. The Morgan fingerprint density at radius 2 is 0.962 bits per heavy atom. The summed E-state index contributed by atoms with van der Waals surface area (Å²) in [6, 6.07) is 29.2. The summed E-state index contributed by atoms with van der Waals surface area (Å²) in [5.41, 5.74) is 6.13. The fourth-order valence-corrected chi connectivity index (χ4v) is 10.7. The predicted octanol–water partition coefficient (Wildman–Crippen LogP) is 3.67. The lowest BCUT2D eigenvalue weighted by Gasteiger charge is -2.48. The van der Waals surface area contributed by atoms with E-state index in [0.717, 1.165) is 44.8 Å². The first kappa shape index (κ1) is 31.1. The van der Waals surface area contributed by atoms with Gasteiger partial charge < -0.3 is 31.1 Å². The molecule has 4 aromatic rings. The Balaban J connectivity index is 1.15. The van der Waals surface area contributed by atoms with Crippen LogP contribution in [0.15, 0.2) is 97.1 Å². The van der Waals surface area contributed by atoms with E-state index < -0.39 is 47.3 Å². The maximum absolute atomic E-state index is 14.8. The first-order chi connectivity index (χ1) is 25.2. The number of carbonyl (C=O) groups is 4. The lowest BCUT2D eigenvalue weighted by atomic mass is 9.54. The van der Waals surface area contributed by atoms with E-state index in [2.05, 4.69) is 71.5 Å². The normalized spacial score (nSPS) is 32.1. The van der Waals surface area contributed by atoms with Crippen LogP contribution in [-0.4, -0.2) is 69.9 Å². The molecule has 6 aliphatic heterocycles. The molecule has 10 heteroatoms. The summed E-state index contributed by atoms with van der Waals surface area (Å²) in [6.45, 7) is 4.11. The number of anilines is 2. The van der Waals surface area contributed by atoms with Crippen LogP contribution in [0.4, 0.5) is 11.4 Å². The van der Waals surface area contributed by atoms with Crippen LogP contribution in [0.1, 0.15) is 46.2 Å². The zero-order chi connectivity index (χ0) is 35.5. The van der Waals surface area contributed by atoms with E-state index in [0.29, 0.717) is 25.7 Å². The minimum Gasteiger partial charge on any atom is -0.364 e. The first-order valence-corrected chi connectivity index (χ1v) is 18.3. The zero-order valence-electron chi connectivity index (χ0n) is 29.1. The Morgan fingerprint density at radius 1 is 0.558 bits per heavy atom. The number of carbonyl (C=O) groups excluding carboxylic acids is 4. The van der Waals surface area contributed by atoms with E-state index in [9.17, 15) is 19.2 Å². The summed E-state index contributed by atoms with van der Waals surface area (Å²) in [5.74, 6) is -0.622. The molecule has 8 atom stereocenters. The minimum atomic E-state index is -0.878. The number of rotatable bonds is 5. The molecule has 4 fully saturated rings. The molecular weight excluding hydrogens is 652 g/mol. The van der Waals surface area contributed by atoms with Crippen LogP contribution in [0.25, 0.3) is 0 Å². The van der Waals surface area contributed by atoms with Crippen LogP contribution in [0.2, 0.25) is 0 Å². The minimum absolute atomic E-state index is 0.131. The molecule has 0 unspecified atom stereocenters. The van der Waals surface area contributed by atoms with Gasteiger partial charge in [-0.1, -0.05) is 96.1 Å². The van der Waals surface area contributed by atoms with Gasteiger partial charge in [0.25, 0.3) is 0 Å². The fourth-order valence-electron chi connectivity index (χ4n) is 10.7. The largest absolute Gasteiger partial charge is 0.364 e. The molecule has 4 amide bonds. The van der Waals surface area contributed by atoms with Gasteiger partial charge in [0.15, 0.2) is 0 Å². The lowest BCUT2D eigenvalue weighted by molar-refractivity contribution is -0.149. The van der Waals surface area contributed by atoms with Crippen LogP contribution < -0.4 is 21.3 Å². The molecule has 4 saturated heterocycles. The number of fused-ring (bicyclic) bond motifs is 11. The molecule has 262 valence electrons. The van der Waals surface area contributed by atoms with Crippen LogP contribution in [0.5, 0.6) is 0 Å². The Kier molecular flexibility index (Phi) is 6.54. The van der Waals surface area contributed by atoms with Crippen molar-refractivity contribution in [3.8, 4) is 0 Å². The third-order valence-electron chi connectivity index (χ3n) is 12.8. The van der Waals surface area contributed by atoms with Crippen molar-refractivity contribution in [2.45, 2.75) is 86.9 Å². The summed E-state index contributed by atoms with van der Waals surface area (Å²) < 4.78 is 0. The first-order valence-electron chi connectivity index (χ1n) is 18.3. The topological polar surface area (TPSA) is 123 Å². The molecule has 4 aromatic carbocycles. The van der Waals surface area contributed by atoms with Gasteiger partial charge in [0.05, 0.1) is 10.8 Å². The summed E-state index contributed by atoms with van der Waals surface area (Å²) >= 11 is 0. The monoisotopic (exact) mass is 692 g/mol. The number of nitrogens with one attached hydrogen (secondary N) is 4. The molecule has 52 heavy (non-hydrogen) atoms. The van der Waals surface area contributed by atoms with Gasteiger partial charge in [-0.15, -0.1) is 0 Å². The third-order valence-corrected chi connectivity index (χ3v) is 12.8. The highest BCUT2D eigenvalue weighted by atomic mass is 16.2. The molecule has 0 radical (unpaired) electrons. The molecule has 4 N–H and O–H groups in total. The summed E-state index contributed by atoms with van der Waals surface area (Å²) in [7, 11) is 0. The number of hydrogen-bond acceptors (Lipinski definition) is 6. The molecule has 0 saturated carbocycles. The van der Waals surface area contributed by atoms with Gasteiger partial charge in [0, 0.05) is 24.2 Å². The third kappa shape index (κ3) is 4.06. The van der Waals surface area contributed by atoms with Crippen LogP contribution in [0, 0.1) is 13.8 Å². The van der Waals surface area contributed by atoms with Crippen molar-refractivity contribution < 1.29 is 19.2 Å². The Bertz CT molecular complexity index is 2040. The van der Waals surface area contributed by atoms with E-state index in [-0.39, 0.29) is 23.6 Å². The molecule has 0 spiro atoms. The van der Waals surface area contributed by atoms with Gasteiger partial charge in [0.2, 0.25) is 23.6 Å². The molecule has 10 nitrogen and oxygen atoms in total. The molecule has 10 rings (SSSR count). The number of amides is 4. The SMILES string of the molecule is Cc1ccc2c(c1)[C@@]1([C@]34C[C@H]5C(=O)N[C@@H](Cc6ccccc6)C(=O)N5[C@H]3Nc3ccc(C)cc34)C[C@H]3C(=O)N[C@@H](Cc4ccccc4)C(=O)N3[C@H]1N2. The van der Waals surface area contributed by atoms with Crippen LogP contribution >= 0.6 is 0 Å². The van der Waals surface area contributed by atoms with E-state index in [1.807, 2.05) is 60.7 Å². The van der Waals surface area contributed by atoms with Gasteiger partial charge in [-0.3, -0.25) is 19.2 Å². The van der Waals surface area contributed by atoms with E-state index in [1.54, 1.807) is 9.80 Å². The van der Waals surface area contributed by atoms with Gasteiger partial charge in [-0.25, -0.2) is 0 Å². The van der Waals surface area contributed by atoms with Crippen molar-refractivity contribution >= 4 is 35.0 Å². The molecule has 0 bridgehead atoms. The average molecular weight is 693 g/mol. The molecule has 6 aliphatic rings. The van der Waals surface area contributed by atoms with Crippen molar-refractivity contribution in [1.82, 2.24) is 20.4 Å². The van der Waals surface area contributed by atoms with E-state index in [4.69, 9.17) is 0 Å². The van der Waals surface area contributed by atoms with Crippen molar-refractivity contribution in [1.29, 1.82) is 0 Å². The van der Waals surface area contributed by atoms with Crippen LogP contribution in [0.3, 0.4) is 0 Å². The maximum Gasteiger partial charge on any atom is 0.247 e. The van der Waals surface area contributed by atoms with Gasteiger partial charge in [0.1, 0.15) is 36.5 Å². The van der Waals surface area contributed by atoms with Crippen molar-refractivity contribution in [3.05, 3.63) is 130 Å². The van der Waals surface area contributed by atoms with E-state index in [1.165, 1.54) is 0 Å². The maximum atomic E-state index is 14.8. The Morgan fingerprint density at radius 3 is 1.37 bits per heavy atom. The molecule has 0 aliphatic carbocycles. The highest BCUT2D eigenvalue weighted by molar-refractivity contribution is 6.01. The second-order valence-corrected chi connectivity index (χ2v) is 15.6. The van der Waals surface area contributed by atoms with Gasteiger partial charge in [-0.05, 0) is 61.1 Å². The van der Waals surface area contributed by atoms with Gasteiger partial charge >= 0.3 is 0 Å². The zero-order valence-corrected chi connectivity index (χ0v) is 29.1. The summed E-state index contributed by atoms with van der Waals surface area (Å²) in [6.07, 6.45) is 0.247. The van der Waals surface area contributed by atoms with E-state index >= 15 is 0 Å². The standard InChI is InChI=1S/C42H40N6O4/c1-23-13-15-29-27(17-23)41(21-33-35(49)43-31(19-25-9-5-3-6-10-25)37(51)47(33)39(41)45-29)42-22-34-36(50)44-32(20-26-11-7-4-8-12-26)38(52)48(34)40(42)46-30-16-14-24(2)18-28(30)42/h3-18,31-34,39-40,45-46H,19-22H2,1-2H3,(H,43,49)(H,44,50)/t31-,32-,33-,34-,39+,40+,41-,42-/m0/s1. The smallest absolute Gasteiger partial charge is 0.247 e.